The van der Waals surface area contributed by atoms with Gasteiger partial charge in [-0.15, -0.1) is 0 Å². The Hall–Kier alpha value is -6.76. The summed E-state index contributed by atoms with van der Waals surface area (Å²) in [5.41, 5.74) is 5.92. The smallest absolute Gasteiger partial charge is 0.339 e. The van der Waals surface area contributed by atoms with E-state index in [0.29, 0.717) is 17.2 Å². The number of ether oxygens (including phenoxy) is 2. The second-order valence-electron chi connectivity index (χ2n) is 12.1. The number of rotatable bonds is 12. The average molecular weight is 855 g/mol. The molecule has 3 aromatic carbocycles. The molecule has 23 heteroatoms. The first-order chi connectivity index (χ1) is 27.1. The van der Waals surface area contributed by atoms with Gasteiger partial charge in [-0.2, -0.15) is 30.4 Å². The second-order valence-corrected chi connectivity index (χ2v) is 16.3. The number of nitrogens with one attached hydrogen (secondary N) is 3. The van der Waals surface area contributed by atoms with Gasteiger partial charge in [0.15, 0.2) is 0 Å². The maximum absolute atomic E-state index is 13.1. The van der Waals surface area contributed by atoms with Crippen LogP contribution in [0.4, 0.5) is 11.4 Å². The molecule has 0 saturated carbocycles. The van der Waals surface area contributed by atoms with Crippen molar-refractivity contribution in [3.05, 3.63) is 116 Å². The monoisotopic (exact) mass is 854 g/mol. The molecule has 0 atom stereocenters. The first kappa shape index (κ1) is 40.9. The van der Waals surface area contributed by atoms with E-state index >= 15 is 0 Å². The summed E-state index contributed by atoms with van der Waals surface area (Å²) >= 11 is 0. The number of hydrogen-bond donors (Lipinski definition) is 7. The van der Waals surface area contributed by atoms with Crippen LogP contribution in [-0.2, 0) is 49.5 Å². The number of carbonyl (C=O) groups is 4. The van der Waals surface area contributed by atoms with Crippen LogP contribution in [0.5, 0.6) is 11.5 Å². The summed E-state index contributed by atoms with van der Waals surface area (Å²) in [5, 5.41) is 13.6. The number of nitrogens with zero attached hydrogens (tertiary/aromatic N) is 1. The molecule has 20 nitrogen and oxygen atoms in total. The maximum atomic E-state index is 13.1. The molecular weight excluding hydrogens is 829 g/mol. The van der Waals surface area contributed by atoms with Crippen molar-refractivity contribution in [2.24, 2.45) is 5.10 Å². The molecule has 0 fully saturated rings. The quantitative estimate of drug-likeness (QED) is 0.0780. The number of allylic oxidation sites excluding steroid dienone is 6. The zero-order valence-electron chi connectivity index (χ0n) is 29.4. The van der Waals surface area contributed by atoms with Crippen LogP contribution >= 0.6 is 0 Å². The Balaban J connectivity index is 1.29. The van der Waals surface area contributed by atoms with E-state index in [9.17, 15) is 63.2 Å². The van der Waals surface area contributed by atoms with Crippen molar-refractivity contribution in [3.63, 3.8) is 0 Å². The molecule has 0 aromatic heterocycles. The Labute approximate surface area is 327 Å². The molecule has 7 N–H and O–H groups in total. The molecule has 0 amide bonds. The summed E-state index contributed by atoms with van der Waals surface area (Å²) in [5.74, 6) is -4.73. The molecule has 0 heterocycles. The predicted molar refractivity (Wildman–Crippen MR) is 203 cm³/mol. The molecule has 3 aliphatic carbocycles. The molecule has 0 saturated heterocycles. The molecule has 3 aliphatic rings. The zero-order valence-corrected chi connectivity index (χ0v) is 31.8. The third-order valence-corrected chi connectivity index (χ3v) is 11.2. The number of carbonyl (C=O) groups excluding carboxylic acids is 3. The summed E-state index contributed by atoms with van der Waals surface area (Å²) in [6.45, 7) is 0. The van der Waals surface area contributed by atoms with Crippen LogP contribution in [0, 0.1) is 0 Å². The Morgan fingerprint density at radius 3 is 1.90 bits per heavy atom. The van der Waals surface area contributed by atoms with Gasteiger partial charge in [0.1, 0.15) is 38.3 Å². The largest absolute Gasteiger partial charge is 0.494 e. The van der Waals surface area contributed by atoms with E-state index in [4.69, 9.17) is 9.47 Å². The Morgan fingerprint density at radius 2 is 1.33 bits per heavy atom. The third kappa shape index (κ3) is 7.80. The number of carboxylic acid groups (broad SMARTS) is 1. The molecule has 58 heavy (non-hydrogen) atoms. The van der Waals surface area contributed by atoms with Gasteiger partial charge in [-0.1, -0.05) is 18.2 Å². The van der Waals surface area contributed by atoms with Gasteiger partial charge in [0.25, 0.3) is 30.4 Å². The number of hydrogen-bond acceptors (Lipinski definition) is 16. The van der Waals surface area contributed by atoms with E-state index in [1.807, 2.05) is 0 Å². The van der Waals surface area contributed by atoms with Crippen LogP contribution in [0.3, 0.4) is 0 Å². The van der Waals surface area contributed by atoms with Crippen molar-refractivity contribution in [2.75, 3.05) is 25.1 Å². The lowest BCUT2D eigenvalue weighted by Crippen LogP contribution is -2.34. The lowest BCUT2D eigenvalue weighted by Gasteiger charge is -2.24. The number of Topliss-reactive ketones (excluding diaryl/α,β-unsaturated/α-hetero) is 2. The highest BCUT2D eigenvalue weighted by Gasteiger charge is 2.38. The van der Waals surface area contributed by atoms with E-state index < -0.39 is 96.5 Å². The van der Waals surface area contributed by atoms with E-state index in [-0.39, 0.29) is 34.0 Å². The summed E-state index contributed by atoms with van der Waals surface area (Å²) < 4.78 is 111. The highest BCUT2D eigenvalue weighted by Crippen LogP contribution is 2.37. The van der Waals surface area contributed by atoms with E-state index in [1.54, 1.807) is 24.3 Å². The fourth-order valence-corrected chi connectivity index (χ4v) is 7.74. The fraction of sp³-hybridized carbons (Fsp3) is 0.0571. The molecule has 0 radical (unpaired) electrons. The van der Waals surface area contributed by atoms with Crippen molar-refractivity contribution in [1.82, 2.24) is 5.43 Å². The molecular formula is C35H26N4O16S3. The van der Waals surface area contributed by atoms with Crippen LogP contribution in [0.2, 0.25) is 0 Å². The summed E-state index contributed by atoms with van der Waals surface area (Å²) in [4.78, 5) is 48.3. The SMILES string of the molecule is COc1cc(-c2ccc(NNC3=C4C(=O)C(C(=O)O)=CC(S(=O)(=O)O)=C4C=CC3=O)c(OC)c2)ccc1N/N=C1/C(=O)C(S(=O)(=O)O)=Cc2cc(S(=O)(=O)O)ccc21. The van der Waals surface area contributed by atoms with Crippen LogP contribution in [0.25, 0.3) is 17.2 Å². The number of hydrazone groups is 1. The normalized spacial score (nSPS) is 16.4. The molecule has 0 aliphatic heterocycles. The van der Waals surface area contributed by atoms with Gasteiger partial charge in [0, 0.05) is 11.1 Å². The van der Waals surface area contributed by atoms with Crippen molar-refractivity contribution in [1.29, 1.82) is 0 Å². The van der Waals surface area contributed by atoms with Gasteiger partial charge >= 0.3 is 5.97 Å². The highest BCUT2D eigenvalue weighted by atomic mass is 32.2. The molecule has 0 unspecified atom stereocenters. The van der Waals surface area contributed by atoms with Gasteiger partial charge in [-0.3, -0.25) is 44.3 Å². The van der Waals surface area contributed by atoms with Crippen LogP contribution in [-0.4, -0.2) is 87.3 Å². The zero-order chi connectivity index (χ0) is 42.5. The number of methoxy groups -OCH3 is 2. The Morgan fingerprint density at radius 1 is 0.707 bits per heavy atom. The predicted octanol–water partition coefficient (Wildman–Crippen LogP) is 2.29. The number of ketones is 3. The minimum atomic E-state index is -5.11. The van der Waals surface area contributed by atoms with Gasteiger partial charge < -0.3 is 14.6 Å². The van der Waals surface area contributed by atoms with Gasteiger partial charge in [-0.25, -0.2) is 4.79 Å². The lowest BCUT2D eigenvalue weighted by molar-refractivity contribution is -0.134. The van der Waals surface area contributed by atoms with Gasteiger partial charge in [0.2, 0.25) is 17.3 Å². The van der Waals surface area contributed by atoms with Gasteiger partial charge in [0.05, 0.1) is 36.1 Å². The number of hydrazine groups is 1. The minimum Gasteiger partial charge on any atom is -0.494 e. The highest BCUT2D eigenvalue weighted by molar-refractivity contribution is 7.91. The van der Waals surface area contributed by atoms with Crippen molar-refractivity contribution < 1.29 is 72.7 Å². The summed E-state index contributed by atoms with van der Waals surface area (Å²) in [6.07, 6.45) is 3.13. The molecule has 6 rings (SSSR count). The maximum Gasteiger partial charge on any atom is 0.339 e. The lowest BCUT2D eigenvalue weighted by atomic mass is 9.85. The Kier molecular flexibility index (Phi) is 10.5. The first-order valence-electron chi connectivity index (χ1n) is 15.9. The topological polar surface area (TPSA) is 319 Å². The molecule has 0 spiro atoms. The Bertz CT molecular complexity index is 2940. The van der Waals surface area contributed by atoms with Crippen molar-refractivity contribution in [3.8, 4) is 22.6 Å². The summed E-state index contributed by atoms with van der Waals surface area (Å²) in [7, 11) is -12.2. The van der Waals surface area contributed by atoms with Gasteiger partial charge in [-0.05, 0) is 77.4 Å². The number of carboxylic acids is 1. The minimum absolute atomic E-state index is 0.0311. The number of anilines is 2. The van der Waals surface area contributed by atoms with E-state index in [0.717, 1.165) is 36.4 Å². The fourth-order valence-electron chi connectivity index (χ4n) is 5.90. The molecule has 0 bridgehead atoms. The summed E-state index contributed by atoms with van der Waals surface area (Å²) in [6, 6.07) is 12.2. The average Bonchev–Trinajstić information content (AvgIpc) is 3.15. The van der Waals surface area contributed by atoms with Crippen LogP contribution < -0.4 is 25.8 Å². The number of aliphatic carboxylic acids is 1. The molecule has 300 valence electrons. The van der Waals surface area contributed by atoms with Crippen molar-refractivity contribution >= 4 is 76.8 Å². The van der Waals surface area contributed by atoms with E-state index in [2.05, 4.69) is 21.4 Å². The number of fused-ring (bicyclic) bond motifs is 2. The third-order valence-electron chi connectivity index (χ3n) is 8.61. The molecule has 3 aromatic rings. The number of benzene rings is 3. The standard InChI is InChI=1S/C35H26N4O16S3/c1-54-26-12-16(3-8-23(26)36-38-31-20-6-5-19(56(45,46)47)11-18(20)14-29(34(31)42)58(51,52)53)17-4-9-24(27(13-17)55-2)37-39-32-25(40)10-7-21-28(57(48,49)50)15-22(35(43)44)33(41)30(21)32/h3-15,36-37,39H,1-2H3,(H,43,44)(H,45,46,47)(H,48,49,50)(H,51,52,53)/b38-31+. The second kappa shape index (κ2) is 15.0. The van der Waals surface area contributed by atoms with Crippen molar-refractivity contribution in [2.45, 2.75) is 4.90 Å². The van der Waals surface area contributed by atoms with Crippen LogP contribution in [0.15, 0.2) is 115 Å². The van der Waals surface area contributed by atoms with E-state index in [1.165, 1.54) is 26.4 Å². The first-order valence-corrected chi connectivity index (χ1v) is 20.2. The van der Waals surface area contributed by atoms with Crippen LogP contribution in [0.1, 0.15) is 11.1 Å².